The Kier molecular flexibility index (Phi) is 11.4. The summed E-state index contributed by atoms with van der Waals surface area (Å²) in [5.41, 5.74) is -0.793. The molecule has 2 saturated heterocycles. The molecule has 53 heavy (non-hydrogen) atoms. The molecule has 4 amide bonds. The van der Waals surface area contributed by atoms with E-state index in [0.717, 1.165) is 63.5 Å². The Labute approximate surface area is 308 Å². The van der Waals surface area contributed by atoms with E-state index in [2.05, 4.69) is 25.9 Å². The van der Waals surface area contributed by atoms with Crippen LogP contribution in [0.4, 0.5) is 23.8 Å². The molecule has 2 aromatic rings. The van der Waals surface area contributed by atoms with Crippen LogP contribution < -0.4 is 16.0 Å². The van der Waals surface area contributed by atoms with Crippen LogP contribution in [0.5, 0.6) is 0 Å². The Morgan fingerprint density at radius 1 is 0.887 bits per heavy atom. The number of nitrogens with one attached hydrogen (secondary N) is 3. The molecular formula is C38H52F3N7O5. The number of benzene rings is 1. The van der Waals surface area contributed by atoms with Crippen molar-refractivity contribution in [2.75, 3.05) is 38.0 Å². The molecule has 1 aromatic carbocycles. The van der Waals surface area contributed by atoms with E-state index in [1.165, 1.54) is 12.4 Å². The van der Waals surface area contributed by atoms with Crippen LogP contribution in [0.1, 0.15) is 97.0 Å². The van der Waals surface area contributed by atoms with Crippen LogP contribution in [0, 0.1) is 17.3 Å². The number of anilines is 1. The van der Waals surface area contributed by atoms with Gasteiger partial charge in [-0.15, -0.1) is 0 Å². The first kappa shape index (κ1) is 38.6. The molecule has 12 nitrogen and oxygen atoms in total. The van der Waals surface area contributed by atoms with E-state index in [1.807, 2.05) is 25.7 Å². The summed E-state index contributed by atoms with van der Waals surface area (Å²) in [5, 5.41) is 9.43. The van der Waals surface area contributed by atoms with Crippen molar-refractivity contribution in [2.45, 2.75) is 115 Å². The third-order valence-corrected chi connectivity index (χ3v) is 11.6. The minimum atomic E-state index is -4.52. The number of likely N-dealkylation sites (tertiary alicyclic amines) is 2. The molecule has 2 aliphatic carbocycles. The number of piperidine rings is 1. The SMILES string of the molecule is CC(C)(C)OC(=O)N1CCC2(CCC(C(=O)NC3CCC(C(=O)NCCN4CC[C@H](Nc5ncnc6ccc(C(F)(F)F)cc56)C4=O)CC3)CC2)CC1. The smallest absolute Gasteiger partial charge is 0.416 e. The van der Waals surface area contributed by atoms with Gasteiger partial charge < -0.3 is 30.5 Å². The normalized spacial score (nSPS) is 24.0. The fraction of sp³-hybridized carbons (Fsp3) is 0.684. The summed E-state index contributed by atoms with van der Waals surface area (Å²) < 4.78 is 45.5. The van der Waals surface area contributed by atoms with Gasteiger partial charge in [0.15, 0.2) is 0 Å². The third-order valence-electron chi connectivity index (χ3n) is 11.6. The molecular weight excluding hydrogens is 691 g/mol. The maximum atomic E-state index is 13.3. The number of rotatable bonds is 8. The molecule has 15 heteroatoms. The van der Waals surface area contributed by atoms with Crippen molar-refractivity contribution in [2.24, 2.45) is 17.3 Å². The van der Waals surface area contributed by atoms with Gasteiger partial charge in [0.05, 0.1) is 11.1 Å². The first-order valence-corrected chi connectivity index (χ1v) is 19.0. The number of amides is 4. The zero-order valence-corrected chi connectivity index (χ0v) is 30.9. The molecule has 3 heterocycles. The number of fused-ring (bicyclic) bond motifs is 1. The Hall–Kier alpha value is -4.17. The molecule has 1 aromatic heterocycles. The molecule has 1 spiro atoms. The first-order valence-electron chi connectivity index (χ1n) is 19.0. The highest BCUT2D eigenvalue weighted by molar-refractivity contribution is 5.93. The van der Waals surface area contributed by atoms with Crippen LogP contribution in [0.2, 0.25) is 0 Å². The lowest BCUT2D eigenvalue weighted by Gasteiger charge is -2.45. The van der Waals surface area contributed by atoms with E-state index in [0.29, 0.717) is 57.5 Å². The van der Waals surface area contributed by atoms with Crippen LogP contribution in [0.25, 0.3) is 10.9 Å². The number of halogens is 3. The lowest BCUT2D eigenvalue weighted by atomic mass is 9.65. The first-order chi connectivity index (χ1) is 25.1. The molecule has 290 valence electrons. The zero-order chi connectivity index (χ0) is 38.0. The predicted molar refractivity (Wildman–Crippen MR) is 191 cm³/mol. The summed E-state index contributed by atoms with van der Waals surface area (Å²) in [5.74, 6) is -0.134. The van der Waals surface area contributed by atoms with Gasteiger partial charge in [-0.2, -0.15) is 13.2 Å². The van der Waals surface area contributed by atoms with Crippen LogP contribution in [0.3, 0.4) is 0 Å². The second-order valence-corrected chi connectivity index (χ2v) is 16.4. The number of nitrogens with zero attached hydrogens (tertiary/aromatic N) is 4. The van der Waals surface area contributed by atoms with Crippen molar-refractivity contribution in [1.29, 1.82) is 0 Å². The van der Waals surface area contributed by atoms with Gasteiger partial charge in [0.25, 0.3) is 0 Å². The molecule has 4 aliphatic rings. The molecule has 0 unspecified atom stereocenters. The summed E-state index contributed by atoms with van der Waals surface area (Å²) in [6.45, 7) is 8.08. The lowest BCUT2D eigenvalue weighted by Crippen LogP contribution is -2.48. The second kappa shape index (κ2) is 15.7. The Bertz CT molecular complexity index is 1660. The van der Waals surface area contributed by atoms with Crippen molar-refractivity contribution in [1.82, 2.24) is 30.4 Å². The number of alkyl halides is 3. The van der Waals surface area contributed by atoms with Gasteiger partial charge in [-0.05, 0) is 115 Å². The largest absolute Gasteiger partial charge is 0.444 e. The zero-order valence-electron chi connectivity index (χ0n) is 30.9. The van der Waals surface area contributed by atoms with E-state index >= 15 is 0 Å². The second-order valence-electron chi connectivity index (χ2n) is 16.4. The molecule has 6 rings (SSSR count). The minimum absolute atomic E-state index is 0.00354. The average Bonchev–Trinajstić information content (AvgIpc) is 3.45. The molecule has 2 saturated carbocycles. The number of hydrogen-bond acceptors (Lipinski definition) is 8. The lowest BCUT2D eigenvalue weighted by molar-refractivity contribution is -0.137. The third kappa shape index (κ3) is 9.50. The summed E-state index contributed by atoms with van der Waals surface area (Å²) in [6.07, 6.45) is 5.33. The molecule has 0 bridgehead atoms. The fourth-order valence-electron chi connectivity index (χ4n) is 8.37. The van der Waals surface area contributed by atoms with Gasteiger partial charge >= 0.3 is 12.3 Å². The van der Waals surface area contributed by atoms with Gasteiger partial charge in [0.1, 0.15) is 23.8 Å². The molecule has 4 fully saturated rings. The van der Waals surface area contributed by atoms with Crippen LogP contribution >= 0.6 is 0 Å². The van der Waals surface area contributed by atoms with Gasteiger partial charge in [-0.1, -0.05) is 0 Å². The number of aromatic nitrogens is 2. The van der Waals surface area contributed by atoms with Crippen molar-refractivity contribution >= 4 is 40.5 Å². The van der Waals surface area contributed by atoms with Gasteiger partial charge in [-0.25, -0.2) is 14.8 Å². The monoisotopic (exact) mass is 743 g/mol. The highest BCUT2D eigenvalue weighted by Crippen LogP contribution is 2.46. The van der Waals surface area contributed by atoms with Gasteiger partial charge in [-0.3, -0.25) is 14.4 Å². The maximum Gasteiger partial charge on any atom is 0.416 e. The highest BCUT2D eigenvalue weighted by Gasteiger charge is 2.42. The summed E-state index contributed by atoms with van der Waals surface area (Å²) in [6, 6.07) is 2.64. The van der Waals surface area contributed by atoms with Crippen LogP contribution in [-0.2, 0) is 25.3 Å². The van der Waals surface area contributed by atoms with Crippen molar-refractivity contribution < 1.29 is 37.1 Å². The summed E-state index contributed by atoms with van der Waals surface area (Å²) >= 11 is 0. The van der Waals surface area contributed by atoms with E-state index < -0.39 is 23.4 Å². The van der Waals surface area contributed by atoms with Gasteiger partial charge in [0, 0.05) is 56.0 Å². The molecule has 3 N–H and O–H groups in total. The molecule has 1 atom stereocenters. The van der Waals surface area contributed by atoms with E-state index in [9.17, 15) is 32.3 Å². The topological polar surface area (TPSA) is 146 Å². The Balaban J connectivity index is 0.875. The van der Waals surface area contributed by atoms with Crippen LogP contribution in [0.15, 0.2) is 24.5 Å². The van der Waals surface area contributed by atoms with E-state index in [-0.39, 0.29) is 58.3 Å². The molecule has 2 aliphatic heterocycles. The van der Waals surface area contributed by atoms with Crippen molar-refractivity contribution in [3.05, 3.63) is 30.1 Å². The van der Waals surface area contributed by atoms with E-state index in [4.69, 9.17) is 4.74 Å². The fourth-order valence-corrected chi connectivity index (χ4v) is 8.37. The van der Waals surface area contributed by atoms with E-state index in [1.54, 1.807) is 4.90 Å². The number of carbonyl (C=O) groups is 4. The van der Waals surface area contributed by atoms with Crippen molar-refractivity contribution in [3.8, 4) is 0 Å². The summed E-state index contributed by atoms with van der Waals surface area (Å²) in [7, 11) is 0. The minimum Gasteiger partial charge on any atom is -0.444 e. The Morgan fingerprint density at radius 3 is 2.23 bits per heavy atom. The molecule has 0 radical (unpaired) electrons. The number of carbonyl (C=O) groups excluding carboxylic acids is 4. The average molecular weight is 744 g/mol. The predicted octanol–water partition coefficient (Wildman–Crippen LogP) is 5.66. The Morgan fingerprint density at radius 2 is 1.57 bits per heavy atom. The standard InChI is InChI=1S/C38H52F3N7O5/c1-36(2,3)53-35(52)48-19-15-37(16-20-48)13-10-25(11-14-37)33(50)45-27-7-4-24(5-8-27)32(49)42-17-21-47-18-12-30(34(47)51)46-31-28-22-26(38(39,40)41)6-9-29(28)43-23-44-31/h6,9,22-25,27,30H,4-5,7-8,10-21H2,1-3H3,(H,42,49)(H,45,50)(H,43,44,46)/t24?,27?,30-/m0/s1. The number of ether oxygens (including phenoxy) is 1. The number of hydrogen-bond donors (Lipinski definition) is 3. The van der Waals surface area contributed by atoms with Crippen molar-refractivity contribution in [3.63, 3.8) is 0 Å². The summed E-state index contributed by atoms with van der Waals surface area (Å²) in [4.78, 5) is 63.4. The van der Waals surface area contributed by atoms with Gasteiger partial charge in [0.2, 0.25) is 17.7 Å². The maximum absolute atomic E-state index is 13.3. The quantitative estimate of drug-likeness (QED) is 0.314. The van der Waals surface area contributed by atoms with Crippen LogP contribution in [-0.4, -0.2) is 94.0 Å². The highest BCUT2D eigenvalue weighted by atomic mass is 19.4.